The molecule has 10 heteroatoms. The number of aliphatic carboxylic acids is 1. The van der Waals surface area contributed by atoms with Gasteiger partial charge in [0.25, 0.3) is 5.91 Å². The molecule has 5 rings (SSSR count). The molecule has 3 atom stereocenters. The van der Waals surface area contributed by atoms with Crippen LogP contribution in [0.15, 0.2) is 48.5 Å². The van der Waals surface area contributed by atoms with Crippen molar-refractivity contribution in [3.05, 3.63) is 59.7 Å². The number of ether oxygens (including phenoxy) is 1. The van der Waals surface area contributed by atoms with Gasteiger partial charge in [0.15, 0.2) is 0 Å². The lowest BCUT2D eigenvalue weighted by molar-refractivity contribution is -0.274. The molecule has 2 aromatic rings. The maximum atomic E-state index is 13.9. The van der Waals surface area contributed by atoms with Gasteiger partial charge in [0.1, 0.15) is 5.75 Å². The summed E-state index contributed by atoms with van der Waals surface area (Å²) in [6, 6.07) is 11.9. The average Bonchev–Trinajstić information content (AvgIpc) is 3.31. The van der Waals surface area contributed by atoms with E-state index in [1.54, 1.807) is 11.0 Å². The second-order valence-corrected chi connectivity index (χ2v) is 10.2. The number of nitrogens with zero attached hydrogens (tertiary/aromatic N) is 2. The van der Waals surface area contributed by atoms with Crippen molar-refractivity contribution >= 4 is 23.5 Å². The molecule has 1 N–H and O–H groups in total. The number of alkyl halides is 3. The van der Waals surface area contributed by atoms with Crippen molar-refractivity contribution in [2.75, 3.05) is 4.90 Å². The molecule has 2 saturated carbocycles. The highest BCUT2D eigenvalue weighted by atomic mass is 19.4. The largest absolute Gasteiger partial charge is 0.573 e. The summed E-state index contributed by atoms with van der Waals surface area (Å²) in [5, 5.41) is 9.17. The molecule has 3 aliphatic rings. The second kappa shape index (κ2) is 10.3. The van der Waals surface area contributed by atoms with E-state index >= 15 is 0 Å². The van der Waals surface area contributed by atoms with Crippen LogP contribution in [-0.2, 0) is 9.59 Å². The van der Waals surface area contributed by atoms with Gasteiger partial charge >= 0.3 is 12.3 Å². The maximum absolute atomic E-state index is 13.9. The van der Waals surface area contributed by atoms with Crippen molar-refractivity contribution in [2.24, 2.45) is 5.92 Å². The lowest BCUT2D eigenvalue weighted by atomic mass is 9.78. The first-order chi connectivity index (χ1) is 18.1. The minimum Gasteiger partial charge on any atom is -0.481 e. The molecule has 2 aromatic carbocycles. The van der Waals surface area contributed by atoms with Crippen LogP contribution in [0.1, 0.15) is 73.3 Å². The van der Waals surface area contributed by atoms with Crippen LogP contribution in [0.2, 0.25) is 0 Å². The normalized spacial score (nSPS) is 22.7. The number of carboxylic acids is 1. The summed E-state index contributed by atoms with van der Waals surface area (Å²) >= 11 is 0. The van der Waals surface area contributed by atoms with Crippen molar-refractivity contribution in [3.63, 3.8) is 0 Å². The van der Waals surface area contributed by atoms with Crippen LogP contribution in [-0.4, -0.2) is 46.2 Å². The topological polar surface area (TPSA) is 87.2 Å². The van der Waals surface area contributed by atoms with Gasteiger partial charge in [-0.1, -0.05) is 30.7 Å². The zero-order chi connectivity index (χ0) is 27.0. The summed E-state index contributed by atoms with van der Waals surface area (Å²) < 4.78 is 42.4. The molecule has 0 bridgehead atoms. The third-order valence-corrected chi connectivity index (χ3v) is 7.93. The van der Waals surface area contributed by atoms with Gasteiger partial charge in [-0.25, -0.2) is 0 Å². The van der Waals surface area contributed by atoms with Crippen molar-refractivity contribution in [2.45, 2.75) is 75.9 Å². The van der Waals surface area contributed by atoms with E-state index in [4.69, 9.17) is 0 Å². The first-order valence-corrected chi connectivity index (χ1v) is 13.0. The number of rotatable bonds is 7. The zero-order valence-corrected chi connectivity index (χ0v) is 20.7. The number of fused-ring (bicyclic) bond motifs is 2. The Morgan fingerprint density at radius 1 is 0.974 bits per heavy atom. The van der Waals surface area contributed by atoms with Gasteiger partial charge in [-0.05, 0) is 61.9 Å². The van der Waals surface area contributed by atoms with Gasteiger partial charge in [0.2, 0.25) is 5.91 Å². The van der Waals surface area contributed by atoms with Gasteiger partial charge in [-0.15, -0.1) is 13.2 Å². The Morgan fingerprint density at radius 3 is 2.39 bits per heavy atom. The minimum absolute atomic E-state index is 0.0223. The van der Waals surface area contributed by atoms with E-state index in [0.717, 1.165) is 49.8 Å². The molecule has 2 amide bonds. The number of benzene rings is 2. The number of amides is 2. The summed E-state index contributed by atoms with van der Waals surface area (Å²) in [6.07, 6.45) is -0.197. The van der Waals surface area contributed by atoms with E-state index < -0.39 is 24.0 Å². The highest BCUT2D eigenvalue weighted by Crippen LogP contribution is 2.52. The number of halogens is 3. The van der Waals surface area contributed by atoms with Crippen molar-refractivity contribution in [3.8, 4) is 5.75 Å². The molecule has 1 aliphatic heterocycles. The molecular formula is C28H29F3N2O5. The van der Waals surface area contributed by atoms with Gasteiger partial charge < -0.3 is 19.6 Å². The van der Waals surface area contributed by atoms with Crippen LogP contribution >= 0.6 is 0 Å². The van der Waals surface area contributed by atoms with Crippen LogP contribution in [0.25, 0.3) is 0 Å². The Kier molecular flexibility index (Phi) is 7.07. The number of hydrogen-bond donors (Lipinski definition) is 1. The van der Waals surface area contributed by atoms with E-state index in [2.05, 4.69) is 4.74 Å². The molecule has 1 heterocycles. The van der Waals surface area contributed by atoms with E-state index in [1.807, 2.05) is 23.1 Å². The molecule has 3 unspecified atom stereocenters. The number of carbonyl (C=O) groups excluding carboxylic acids is 2. The summed E-state index contributed by atoms with van der Waals surface area (Å²) in [4.78, 5) is 42.1. The molecule has 2 fully saturated rings. The van der Waals surface area contributed by atoms with Crippen LogP contribution < -0.4 is 9.64 Å². The first kappa shape index (κ1) is 26.1. The lowest BCUT2D eigenvalue weighted by Gasteiger charge is -2.51. The van der Waals surface area contributed by atoms with Crippen LogP contribution in [0, 0.1) is 5.92 Å². The number of anilines is 1. The number of carboxylic acid groups (broad SMARTS) is 1. The lowest BCUT2D eigenvalue weighted by Crippen LogP contribution is -2.55. The molecule has 0 saturated heterocycles. The molecule has 202 valence electrons. The first-order valence-electron chi connectivity index (χ1n) is 13.0. The zero-order valence-electron chi connectivity index (χ0n) is 20.7. The Labute approximate surface area is 218 Å². The molecule has 0 radical (unpaired) electrons. The van der Waals surface area contributed by atoms with Crippen molar-refractivity contribution in [1.82, 2.24) is 4.90 Å². The SMILES string of the molecule is O=C(O)CCC(=O)N(C1CCC1)C1c2ccccc2N(C(=O)c2cccc(OC(F)(F)F)c2)C2CCCC21. The van der Waals surface area contributed by atoms with Crippen LogP contribution in [0.4, 0.5) is 18.9 Å². The maximum Gasteiger partial charge on any atom is 0.573 e. The van der Waals surface area contributed by atoms with E-state index in [-0.39, 0.29) is 48.4 Å². The standard InChI is InChI=1S/C28H29F3N2O5/c29-28(30,31)38-19-9-3-6-17(16-19)27(37)33-22-12-2-1-10-20(22)26(21-11-5-13-23(21)33)32(18-7-4-8-18)24(34)14-15-25(35)36/h1-3,6,9-10,12,16,18,21,23,26H,4-5,7-8,11,13-15H2,(H,35,36). The Balaban J connectivity index is 1.53. The molecular weight excluding hydrogens is 501 g/mol. The minimum atomic E-state index is -4.87. The van der Waals surface area contributed by atoms with Gasteiger partial charge in [-0.2, -0.15) is 0 Å². The quantitative estimate of drug-likeness (QED) is 0.496. The smallest absolute Gasteiger partial charge is 0.481 e. The fourth-order valence-electron chi connectivity index (χ4n) is 6.20. The Bertz CT molecular complexity index is 1230. The van der Waals surface area contributed by atoms with Crippen molar-refractivity contribution < 1.29 is 37.4 Å². The highest BCUT2D eigenvalue weighted by molar-refractivity contribution is 6.07. The predicted molar refractivity (Wildman–Crippen MR) is 132 cm³/mol. The number of hydrogen-bond acceptors (Lipinski definition) is 4. The van der Waals surface area contributed by atoms with E-state index in [1.165, 1.54) is 12.1 Å². The second-order valence-electron chi connectivity index (χ2n) is 10.2. The van der Waals surface area contributed by atoms with Gasteiger partial charge in [0.05, 0.1) is 12.5 Å². The van der Waals surface area contributed by atoms with E-state index in [0.29, 0.717) is 12.1 Å². The fraction of sp³-hybridized carbons (Fsp3) is 0.464. The monoisotopic (exact) mass is 530 g/mol. The van der Waals surface area contributed by atoms with Crippen molar-refractivity contribution in [1.29, 1.82) is 0 Å². The third-order valence-electron chi connectivity index (χ3n) is 7.93. The Morgan fingerprint density at radius 2 is 1.71 bits per heavy atom. The van der Waals surface area contributed by atoms with Crippen LogP contribution in [0.3, 0.4) is 0 Å². The molecule has 38 heavy (non-hydrogen) atoms. The number of carbonyl (C=O) groups is 3. The molecule has 2 aliphatic carbocycles. The Hall–Kier alpha value is -3.56. The molecule has 0 spiro atoms. The third kappa shape index (κ3) is 5.08. The summed E-state index contributed by atoms with van der Waals surface area (Å²) in [7, 11) is 0. The predicted octanol–water partition coefficient (Wildman–Crippen LogP) is 5.70. The van der Waals surface area contributed by atoms with E-state index in [9.17, 15) is 32.7 Å². The summed E-state index contributed by atoms with van der Waals surface area (Å²) in [5.41, 5.74) is 1.52. The average molecular weight is 531 g/mol. The molecule has 0 aromatic heterocycles. The fourth-order valence-corrected chi connectivity index (χ4v) is 6.20. The summed E-state index contributed by atoms with van der Waals surface area (Å²) in [6.45, 7) is 0. The number of para-hydroxylation sites is 1. The van der Waals surface area contributed by atoms with Crippen LogP contribution in [0.5, 0.6) is 5.75 Å². The highest BCUT2D eigenvalue weighted by Gasteiger charge is 2.50. The molecule has 7 nitrogen and oxygen atoms in total. The summed E-state index contributed by atoms with van der Waals surface area (Å²) in [5.74, 6) is -2.18. The van der Waals surface area contributed by atoms with Gasteiger partial charge in [-0.3, -0.25) is 14.4 Å². The van der Waals surface area contributed by atoms with Gasteiger partial charge in [0, 0.05) is 35.7 Å².